The Bertz CT molecular complexity index is 256. The highest BCUT2D eigenvalue weighted by molar-refractivity contribution is 5.77. The maximum Gasteiger partial charge on any atom is 0.234 e. The van der Waals surface area contributed by atoms with Crippen molar-refractivity contribution < 1.29 is 9.90 Å². The molecule has 1 saturated carbocycles. The molecule has 0 radical (unpaired) electrons. The minimum Gasteiger partial charge on any atom is -0.391 e. The molecule has 0 aromatic carbocycles. The summed E-state index contributed by atoms with van der Waals surface area (Å²) in [6.45, 7) is 5.44. The van der Waals surface area contributed by atoms with Crippen LogP contribution in [0.5, 0.6) is 0 Å². The summed E-state index contributed by atoms with van der Waals surface area (Å²) in [5, 5.41) is 12.9. The average Bonchev–Trinajstić information content (AvgIpc) is 2.28. The van der Waals surface area contributed by atoms with E-state index in [2.05, 4.69) is 19.2 Å². The smallest absolute Gasteiger partial charge is 0.234 e. The molecule has 0 saturated heterocycles. The number of nitrogens with one attached hydrogen (secondary N) is 1. The van der Waals surface area contributed by atoms with Gasteiger partial charge in [-0.2, -0.15) is 0 Å². The molecule has 1 fully saturated rings. The second-order valence-electron chi connectivity index (χ2n) is 5.87. The van der Waals surface area contributed by atoms with Crippen molar-refractivity contribution in [2.75, 3.05) is 20.1 Å². The van der Waals surface area contributed by atoms with Gasteiger partial charge in [-0.05, 0) is 32.2 Å². The van der Waals surface area contributed by atoms with Crippen LogP contribution in [0.15, 0.2) is 0 Å². The number of hydrogen-bond acceptors (Lipinski definition) is 3. The zero-order chi connectivity index (χ0) is 13.5. The van der Waals surface area contributed by atoms with Gasteiger partial charge in [-0.1, -0.05) is 26.7 Å². The van der Waals surface area contributed by atoms with Gasteiger partial charge in [0.05, 0.1) is 12.6 Å². The lowest BCUT2D eigenvalue weighted by Gasteiger charge is -2.34. The number of hydrogen-bond donors (Lipinski definition) is 2. The van der Waals surface area contributed by atoms with E-state index in [4.69, 9.17) is 0 Å². The van der Waals surface area contributed by atoms with E-state index >= 15 is 0 Å². The zero-order valence-electron chi connectivity index (χ0n) is 12.0. The van der Waals surface area contributed by atoms with Crippen LogP contribution in [0.1, 0.15) is 46.0 Å². The quantitative estimate of drug-likeness (QED) is 0.755. The Hall–Kier alpha value is -0.610. The summed E-state index contributed by atoms with van der Waals surface area (Å²) in [7, 11) is 1.93. The van der Waals surface area contributed by atoms with Crippen LogP contribution >= 0.6 is 0 Å². The van der Waals surface area contributed by atoms with E-state index in [1.807, 2.05) is 11.9 Å². The highest BCUT2D eigenvalue weighted by Crippen LogP contribution is 2.21. The van der Waals surface area contributed by atoms with Crippen molar-refractivity contribution in [3.63, 3.8) is 0 Å². The molecule has 0 aliphatic heterocycles. The fourth-order valence-electron chi connectivity index (χ4n) is 2.51. The number of amides is 1. The fraction of sp³-hybridized carbons (Fsp3) is 0.929. The minimum atomic E-state index is -0.271. The summed E-state index contributed by atoms with van der Waals surface area (Å²) >= 11 is 0. The molecule has 1 rings (SSSR count). The van der Waals surface area contributed by atoms with Gasteiger partial charge in [0.1, 0.15) is 0 Å². The van der Waals surface area contributed by atoms with E-state index in [0.29, 0.717) is 12.5 Å². The molecule has 4 heteroatoms. The monoisotopic (exact) mass is 256 g/mol. The molecular weight excluding hydrogens is 228 g/mol. The van der Waals surface area contributed by atoms with E-state index < -0.39 is 0 Å². The van der Waals surface area contributed by atoms with Crippen LogP contribution in [0.4, 0.5) is 0 Å². The van der Waals surface area contributed by atoms with Gasteiger partial charge in [0, 0.05) is 12.6 Å². The Labute approximate surface area is 111 Å². The van der Waals surface area contributed by atoms with Crippen molar-refractivity contribution in [3.8, 4) is 0 Å². The topological polar surface area (TPSA) is 52.6 Å². The molecule has 2 unspecified atom stereocenters. The Balaban J connectivity index is 2.25. The van der Waals surface area contributed by atoms with Crippen molar-refractivity contribution in [1.82, 2.24) is 10.2 Å². The molecule has 106 valence electrons. The van der Waals surface area contributed by atoms with Crippen molar-refractivity contribution in [1.29, 1.82) is 0 Å². The Morgan fingerprint density at radius 3 is 2.67 bits per heavy atom. The van der Waals surface area contributed by atoms with Crippen LogP contribution < -0.4 is 5.32 Å². The molecule has 2 N–H and O–H groups in total. The molecule has 18 heavy (non-hydrogen) atoms. The normalized spacial score (nSPS) is 24.6. The second kappa shape index (κ2) is 7.74. The van der Waals surface area contributed by atoms with E-state index in [0.717, 1.165) is 38.6 Å². The largest absolute Gasteiger partial charge is 0.391 e. The van der Waals surface area contributed by atoms with Gasteiger partial charge < -0.3 is 10.4 Å². The summed E-state index contributed by atoms with van der Waals surface area (Å²) in [4.78, 5) is 13.7. The van der Waals surface area contributed by atoms with Gasteiger partial charge >= 0.3 is 0 Å². The Kier molecular flexibility index (Phi) is 6.65. The van der Waals surface area contributed by atoms with Gasteiger partial charge in [0.25, 0.3) is 0 Å². The standard InChI is InChI=1S/C14H28N2O2/c1-11(2)8-9-15-14(18)10-16(3)12-6-4-5-7-13(12)17/h11-13,17H,4-10H2,1-3H3,(H,15,18). The SMILES string of the molecule is CC(C)CCNC(=O)CN(C)C1CCCCC1O. The molecule has 0 aromatic heterocycles. The van der Waals surface area contributed by atoms with Crippen LogP contribution in [0, 0.1) is 5.92 Å². The maximum absolute atomic E-state index is 11.7. The predicted molar refractivity (Wildman–Crippen MR) is 73.4 cm³/mol. The lowest BCUT2D eigenvalue weighted by Crippen LogP contribution is -2.47. The molecule has 0 heterocycles. The third-order valence-electron chi connectivity index (χ3n) is 3.70. The number of likely N-dealkylation sites (N-methyl/N-ethyl adjacent to an activating group) is 1. The fourth-order valence-corrected chi connectivity index (χ4v) is 2.51. The first-order valence-electron chi connectivity index (χ1n) is 7.15. The summed E-state index contributed by atoms with van der Waals surface area (Å²) in [5.74, 6) is 0.680. The van der Waals surface area contributed by atoms with Crippen molar-refractivity contribution in [3.05, 3.63) is 0 Å². The van der Waals surface area contributed by atoms with Gasteiger partial charge in [-0.3, -0.25) is 9.69 Å². The lowest BCUT2D eigenvalue weighted by atomic mass is 9.91. The van der Waals surface area contributed by atoms with Gasteiger partial charge in [-0.25, -0.2) is 0 Å². The average molecular weight is 256 g/mol. The van der Waals surface area contributed by atoms with E-state index in [1.165, 1.54) is 0 Å². The van der Waals surface area contributed by atoms with E-state index in [1.54, 1.807) is 0 Å². The number of nitrogens with zero attached hydrogens (tertiary/aromatic N) is 1. The van der Waals surface area contributed by atoms with Crippen LogP contribution in [-0.4, -0.2) is 48.2 Å². The highest BCUT2D eigenvalue weighted by Gasteiger charge is 2.27. The minimum absolute atomic E-state index is 0.0657. The summed E-state index contributed by atoms with van der Waals surface area (Å²) in [6.07, 6.45) is 4.86. The van der Waals surface area contributed by atoms with Crippen LogP contribution in [0.3, 0.4) is 0 Å². The molecule has 0 aromatic rings. The van der Waals surface area contributed by atoms with Crippen LogP contribution in [0.25, 0.3) is 0 Å². The zero-order valence-corrected chi connectivity index (χ0v) is 12.0. The molecule has 0 bridgehead atoms. The molecule has 1 aliphatic carbocycles. The molecule has 1 aliphatic rings. The Morgan fingerprint density at radius 1 is 1.39 bits per heavy atom. The molecule has 2 atom stereocenters. The Morgan fingerprint density at radius 2 is 2.06 bits per heavy atom. The first kappa shape index (κ1) is 15.4. The summed E-state index contributed by atoms with van der Waals surface area (Å²) < 4.78 is 0. The van der Waals surface area contributed by atoms with E-state index in [9.17, 15) is 9.90 Å². The summed E-state index contributed by atoms with van der Waals surface area (Å²) in [5.41, 5.74) is 0. The highest BCUT2D eigenvalue weighted by atomic mass is 16.3. The number of aliphatic hydroxyl groups is 1. The lowest BCUT2D eigenvalue weighted by molar-refractivity contribution is -0.123. The predicted octanol–water partition coefficient (Wildman–Crippen LogP) is 1.38. The number of aliphatic hydroxyl groups excluding tert-OH is 1. The van der Waals surface area contributed by atoms with Crippen molar-refractivity contribution >= 4 is 5.91 Å². The molecule has 4 nitrogen and oxygen atoms in total. The summed E-state index contributed by atoms with van der Waals surface area (Å²) in [6, 6.07) is 0.148. The van der Waals surface area contributed by atoms with Gasteiger partial charge in [-0.15, -0.1) is 0 Å². The van der Waals surface area contributed by atoms with Crippen LogP contribution in [0.2, 0.25) is 0 Å². The van der Waals surface area contributed by atoms with Crippen molar-refractivity contribution in [2.24, 2.45) is 5.92 Å². The van der Waals surface area contributed by atoms with E-state index in [-0.39, 0.29) is 18.1 Å². The van der Waals surface area contributed by atoms with Gasteiger partial charge in [0.15, 0.2) is 0 Å². The number of carbonyl (C=O) groups is 1. The molecule has 0 spiro atoms. The first-order chi connectivity index (χ1) is 8.50. The van der Waals surface area contributed by atoms with Gasteiger partial charge in [0.2, 0.25) is 5.91 Å². The van der Waals surface area contributed by atoms with Crippen molar-refractivity contribution in [2.45, 2.75) is 58.1 Å². The number of carbonyl (C=O) groups excluding carboxylic acids is 1. The third-order valence-corrected chi connectivity index (χ3v) is 3.70. The molecule has 1 amide bonds. The third kappa shape index (κ3) is 5.36. The molecular formula is C14H28N2O2. The maximum atomic E-state index is 11.7. The number of rotatable bonds is 6. The first-order valence-corrected chi connectivity index (χ1v) is 7.15. The second-order valence-corrected chi connectivity index (χ2v) is 5.87. The van der Waals surface area contributed by atoms with Crippen LogP contribution in [-0.2, 0) is 4.79 Å².